The summed E-state index contributed by atoms with van der Waals surface area (Å²) in [5.41, 5.74) is 1.52. The van der Waals surface area contributed by atoms with Crippen molar-refractivity contribution >= 4 is 41.3 Å². The summed E-state index contributed by atoms with van der Waals surface area (Å²) >= 11 is 2.54. The number of aliphatic hydroxyl groups is 1. The van der Waals surface area contributed by atoms with Gasteiger partial charge in [0, 0.05) is 17.2 Å². The van der Waals surface area contributed by atoms with Gasteiger partial charge < -0.3 is 20.4 Å². The van der Waals surface area contributed by atoms with Crippen LogP contribution in [0.3, 0.4) is 0 Å². The predicted octanol–water partition coefficient (Wildman–Crippen LogP) is 1.74. The predicted molar refractivity (Wildman–Crippen MR) is 119 cm³/mol. The van der Waals surface area contributed by atoms with Crippen LogP contribution in [0, 0.1) is 0 Å². The van der Waals surface area contributed by atoms with Crippen LogP contribution in [0.5, 0.6) is 0 Å². The smallest absolute Gasteiger partial charge is 0.322 e. The SMILES string of the molecule is O=C(Cc1ccccc1)N[C@@H]1C(=O)N2CC(Sc3ccccc3CO)(C(=O)O)CS[C@H]12. The zero-order valence-corrected chi connectivity index (χ0v) is 18.2. The first-order valence-corrected chi connectivity index (χ1v) is 11.7. The van der Waals surface area contributed by atoms with Crippen LogP contribution in [0.1, 0.15) is 11.1 Å². The largest absolute Gasteiger partial charge is 0.480 e. The number of nitrogens with zero attached hydrogens (tertiary/aromatic N) is 1. The van der Waals surface area contributed by atoms with Crippen molar-refractivity contribution in [3.05, 3.63) is 65.7 Å². The maximum Gasteiger partial charge on any atom is 0.322 e. The number of nitrogens with one attached hydrogen (secondary N) is 1. The third kappa shape index (κ3) is 4.30. The van der Waals surface area contributed by atoms with Crippen LogP contribution in [0.2, 0.25) is 0 Å². The number of β-lactam (4-membered cyclic amide) rings is 1. The molecule has 4 rings (SSSR count). The molecule has 2 saturated heterocycles. The fourth-order valence-corrected chi connectivity index (χ4v) is 6.69. The van der Waals surface area contributed by atoms with Crippen molar-refractivity contribution in [3.63, 3.8) is 0 Å². The van der Waals surface area contributed by atoms with Gasteiger partial charge in [-0.05, 0) is 17.2 Å². The molecule has 2 aliphatic rings. The van der Waals surface area contributed by atoms with Crippen LogP contribution in [0.15, 0.2) is 59.5 Å². The third-order valence-electron chi connectivity index (χ3n) is 5.42. The number of carboxylic acid groups (broad SMARTS) is 1. The van der Waals surface area contributed by atoms with E-state index in [-0.39, 0.29) is 42.5 Å². The van der Waals surface area contributed by atoms with E-state index in [1.165, 1.54) is 28.4 Å². The van der Waals surface area contributed by atoms with E-state index in [4.69, 9.17) is 0 Å². The number of rotatable bonds is 7. The molecule has 2 heterocycles. The minimum Gasteiger partial charge on any atom is -0.480 e. The highest BCUT2D eigenvalue weighted by Crippen LogP contribution is 2.47. The standard InChI is InChI=1S/C22H22N2O5S2/c25-11-15-8-4-5-9-16(15)31-22(21(28)29)12-24-19(27)18(20(24)30-13-22)23-17(26)10-14-6-2-1-3-7-14/h1-9,18,20,25H,10-13H2,(H,23,26)(H,28,29)/t18-,20-,22?/m1/s1. The van der Waals surface area contributed by atoms with Crippen LogP contribution in [-0.2, 0) is 27.4 Å². The summed E-state index contributed by atoms with van der Waals surface area (Å²) in [6, 6.07) is 15.8. The third-order valence-corrected chi connectivity index (χ3v) is 8.58. The molecule has 0 aliphatic carbocycles. The molecule has 9 heteroatoms. The molecule has 2 aromatic rings. The second kappa shape index (κ2) is 8.94. The molecule has 162 valence electrons. The molecular formula is C22H22N2O5S2. The molecular weight excluding hydrogens is 436 g/mol. The van der Waals surface area contributed by atoms with Crippen molar-refractivity contribution < 1.29 is 24.6 Å². The maximum atomic E-state index is 12.7. The maximum absolute atomic E-state index is 12.7. The Morgan fingerprint density at radius 2 is 1.87 bits per heavy atom. The average molecular weight is 459 g/mol. The molecule has 0 radical (unpaired) electrons. The first-order valence-electron chi connectivity index (χ1n) is 9.80. The van der Waals surface area contributed by atoms with Crippen LogP contribution in [0.25, 0.3) is 0 Å². The first-order chi connectivity index (χ1) is 14.9. The topological polar surface area (TPSA) is 107 Å². The average Bonchev–Trinajstić information content (AvgIpc) is 2.78. The van der Waals surface area contributed by atoms with Gasteiger partial charge >= 0.3 is 5.97 Å². The number of amides is 2. The number of fused-ring (bicyclic) bond motifs is 1. The van der Waals surface area contributed by atoms with Crippen molar-refractivity contribution in [2.75, 3.05) is 12.3 Å². The lowest BCUT2D eigenvalue weighted by Crippen LogP contribution is -2.74. The van der Waals surface area contributed by atoms with Gasteiger partial charge in [-0.15, -0.1) is 23.5 Å². The second-order valence-corrected chi connectivity index (χ2v) is 10.1. The molecule has 7 nitrogen and oxygen atoms in total. The number of aliphatic carboxylic acids is 1. The summed E-state index contributed by atoms with van der Waals surface area (Å²) in [5.74, 6) is -1.21. The normalized spacial score (nSPS) is 24.8. The van der Waals surface area contributed by atoms with E-state index < -0.39 is 16.8 Å². The molecule has 0 aromatic heterocycles. The van der Waals surface area contributed by atoms with E-state index in [9.17, 15) is 24.6 Å². The molecule has 0 bridgehead atoms. The summed E-state index contributed by atoms with van der Waals surface area (Å²) in [7, 11) is 0. The summed E-state index contributed by atoms with van der Waals surface area (Å²) in [5, 5.41) is 22.1. The molecule has 2 amide bonds. The monoisotopic (exact) mass is 458 g/mol. The number of hydrogen-bond acceptors (Lipinski definition) is 6. The summed E-state index contributed by atoms with van der Waals surface area (Å²) in [6.07, 6.45) is 0.189. The Morgan fingerprint density at radius 3 is 2.58 bits per heavy atom. The molecule has 31 heavy (non-hydrogen) atoms. The highest BCUT2D eigenvalue weighted by atomic mass is 32.2. The molecule has 3 atom stereocenters. The summed E-state index contributed by atoms with van der Waals surface area (Å²) in [6.45, 7) is -0.138. The lowest BCUT2D eigenvalue weighted by atomic mass is 10.0. The summed E-state index contributed by atoms with van der Waals surface area (Å²) < 4.78 is -1.22. The van der Waals surface area contributed by atoms with Gasteiger partial charge in [0.1, 0.15) is 16.2 Å². The van der Waals surface area contributed by atoms with E-state index in [0.29, 0.717) is 10.5 Å². The minimum absolute atomic E-state index is 0.0499. The summed E-state index contributed by atoms with van der Waals surface area (Å²) in [4.78, 5) is 39.5. The number of thioether (sulfide) groups is 2. The highest BCUT2D eigenvalue weighted by molar-refractivity contribution is 8.05. The van der Waals surface area contributed by atoms with Gasteiger partial charge in [-0.2, -0.15) is 0 Å². The number of benzene rings is 2. The van der Waals surface area contributed by atoms with Gasteiger partial charge in [0.2, 0.25) is 11.8 Å². The van der Waals surface area contributed by atoms with Gasteiger partial charge in [-0.3, -0.25) is 14.4 Å². The van der Waals surface area contributed by atoms with E-state index in [1.54, 1.807) is 24.3 Å². The van der Waals surface area contributed by atoms with Gasteiger partial charge in [0.25, 0.3) is 0 Å². The number of hydrogen-bond donors (Lipinski definition) is 3. The van der Waals surface area contributed by atoms with Crippen molar-refractivity contribution in [1.29, 1.82) is 0 Å². The molecule has 0 spiro atoms. The molecule has 2 fully saturated rings. The van der Waals surface area contributed by atoms with Crippen LogP contribution in [0.4, 0.5) is 0 Å². The second-order valence-electron chi connectivity index (χ2n) is 7.54. The number of carbonyl (C=O) groups excluding carboxylic acids is 2. The van der Waals surface area contributed by atoms with Crippen molar-refractivity contribution in [3.8, 4) is 0 Å². The van der Waals surface area contributed by atoms with Crippen molar-refractivity contribution in [2.24, 2.45) is 0 Å². The van der Waals surface area contributed by atoms with E-state index in [1.807, 2.05) is 30.3 Å². The Labute approximate surface area is 188 Å². The van der Waals surface area contributed by atoms with Crippen LogP contribution >= 0.6 is 23.5 Å². The Morgan fingerprint density at radius 1 is 1.16 bits per heavy atom. The molecule has 2 aromatic carbocycles. The number of carbonyl (C=O) groups is 3. The molecule has 3 N–H and O–H groups in total. The quantitative estimate of drug-likeness (QED) is 0.543. The highest BCUT2D eigenvalue weighted by Gasteiger charge is 2.58. The lowest BCUT2D eigenvalue weighted by Gasteiger charge is -2.53. The Kier molecular flexibility index (Phi) is 6.27. The number of carboxylic acids is 1. The fourth-order valence-electron chi connectivity index (χ4n) is 3.74. The Bertz CT molecular complexity index is 1000. The van der Waals surface area contributed by atoms with Crippen molar-refractivity contribution in [1.82, 2.24) is 10.2 Å². The molecule has 2 aliphatic heterocycles. The molecule has 0 saturated carbocycles. The van der Waals surface area contributed by atoms with Crippen LogP contribution in [-0.4, -0.2) is 61.4 Å². The van der Waals surface area contributed by atoms with Gasteiger partial charge in [0.15, 0.2) is 0 Å². The van der Waals surface area contributed by atoms with E-state index >= 15 is 0 Å². The fraction of sp³-hybridized carbons (Fsp3) is 0.318. The first kappa shape index (κ1) is 21.7. The van der Waals surface area contributed by atoms with E-state index in [2.05, 4.69) is 5.32 Å². The zero-order valence-electron chi connectivity index (χ0n) is 16.6. The Balaban J connectivity index is 1.43. The van der Waals surface area contributed by atoms with Gasteiger partial charge in [0.05, 0.1) is 13.0 Å². The minimum atomic E-state index is -1.22. The van der Waals surface area contributed by atoms with E-state index in [0.717, 1.165) is 5.56 Å². The molecule has 1 unspecified atom stereocenters. The van der Waals surface area contributed by atoms with Crippen LogP contribution < -0.4 is 5.32 Å². The zero-order chi connectivity index (χ0) is 22.0. The number of aliphatic hydroxyl groups excluding tert-OH is 1. The Hall–Kier alpha value is -2.49. The van der Waals surface area contributed by atoms with Crippen molar-refractivity contribution in [2.45, 2.75) is 34.1 Å². The van der Waals surface area contributed by atoms with Gasteiger partial charge in [-0.1, -0.05) is 48.5 Å². The lowest BCUT2D eigenvalue weighted by molar-refractivity contribution is -0.152. The van der Waals surface area contributed by atoms with Gasteiger partial charge in [-0.25, -0.2) is 0 Å².